The van der Waals surface area contributed by atoms with Crippen LogP contribution >= 0.6 is 27.3 Å². The molecule has 0 unspecified atom stereocenters. The van der Waals surface area contributed by atoms with E-state index in [1.165, 1.54) is 11.3 Å². The molecule has 4 aromatic rings. The number of nitrogen functional groups attached to an aromatic ring is 1. The first-order valence-electron chi connectivity index (χ1n) is 6.40. The van der Waals surface area contributed by atoms with E-state index in [0.717, 1.165) is 37.1 Å². The highest BCUT2D eigenvalue weighted by molar-refractivity contribution is 9.10. The zero-order valence-corrected chi connectivity index (χ0v) is 13.6. The van der Waals surface area contributed by atoms with Crippen molar-refractivity contribution < 1.29 is 0 Å². The van der Waals surface area contributed by atoms with Gasteiger partial charge in [-0.05, 0) is 36.4 Å². The number of nitrogens with zero attached hydrogens (tertiary/aromatic N) is 3. The Balaban J connectivity index is 1.96. The van der Waals surface area contributed by atoms with E-state index in [1.54, 1.807) is 0 Å². The molecule has 21 heavy (non-hydrogen) atoms. The molecule has 0 aliphatic rings. The number of anilines is 1. The van der Waals surface area contributed by atoms with Crippen LogP contribution in [0.4, 0.5) is 5.13 Å². The quantitative estimate of drug-likeness (QED) is 0.554. The molecule has 4 nitrogen and oxygen atoms in total. The minimum atomic E-state index is 0.594. The number of rotatable bonds is 1. The Morgan fingerprint density at radius 2 is 1.95 bits per heavy atom. The second-order valence-corrected chi connectivity index (χ2v) is 6.84. The molecule has 0 amide bonds. The molecule has 4 rings (SSSR count). The molecule has 0 radical (unpaired) electrons. The van der Waals surface area contributed by atoms with E-state index in [1.807, 2.05) is 31.3 Å². The van der Waals surface area contributed by atoms with Crippen LogP contribution in [0.15, 0.2) is 40.9 Å². The molecule has 2 N–H and O–H groups in total. The van der Waals surface area contributed by atoms with Crippen molar-refractivity contribution in [3.8, 4) is 11.4 Å². The third-order valence-corrected chi connectivity index (χ3v) is 4.85. The van der Waals surface area contributed by atoms with Crippen LogP contribution in [0.1, 0.15) is 0 Å². The average molecular weight is 359 g/mol. The molecule has 0 spiro atoms. The fourth-order valence-electron chi connectivity index (χ4n) is 2.51. The maximum atomic E-state index is 5.77. The van der Waals surface area contributed by atoms with Crippen molar-refractivity contribution in [2.75, 3.05) is 5.73 Å². The van der Waals surface area contributed by atoms with Crippen LogP contribution in [0.5, 0.6) is 0 Å². The molecule has 104 valence electrons. The van der Waals surface area contributed by atoms with E-state index in [9.17, 15) is 0 Å². The van der Waals surface area contributed by atoms with Gasteiger partial charge in [0.25, 0.3) is 0 Å². The van der Waals surface area contributed by atoms with Crippen molar-refractivity contribution in [2.24, 2.45) is 7.05 Å². The van der Waals surface area contributed by atoms with Crippen LogP contribution in [0.25, 0.3) is 32.6 Å². The standard InChI is InChI=1S/C15H11BrN4S/c1-20-12-5-3-9(16)7-11(12)18-14(20)8-2-4-10-13(6-8)21-15(17)19-10/h2-7H,1H3,(H2,17,19). The molecule has 0 atom stereocenters. The first-order valence-corrected chi connectivity index (χ1v) is 8.01. The Labute approximate surface area is 133 Å². The zero-order valence-electron chi connectivity index (χ0n) is 11.2. The fraction of sp³-hybridized carbons (Fsp3) is 0.0667. The van der Waals surface area contributed by atoms with E-state index in [-0.39, 0.29) is 0 Å². The van der Waals surface area contributed by atoms with Crippen molar-refractivity contribution in [2.45, 2.75) is 0 Å². The van der Waals surface area contributed by atoms with Crippen LogP contribution in [0, 0.1) is 0 Å². The fourth-order valence-corrected chi connectivity index (χ4v) is 3.64. The molecular formula is C15H11BrN4S. The Hall–Kier alpha value is -1.92. The van der Waals surface area contributed by atoms with Gasteiger partial charge >= 0.3 is 0 Å². The minimum absolute atomic E-state index is 0.594. The third kappa shape index (κ3) is 2.02. The Morgan fingerprint density at radius 1 is 1.10 bits per heavy atom. The largest absolute Gasteiger partial charge is 0.375 e. The van der Waals surface area contributed by atoms with Gasteiger partial charge in [0.05, 0.1) is 21.3 Å². The lowest BCUT2D eigenvalue weighted by atomic mass is 10.2. The van der Waals surface area contributed by atoms with Gasteiger partial charge in [-0.15, -0.1) is 0 Å². The second kappa shape index (κ2) is 4.54. The van der Waals surface area contributed by atoms with Crippen molar-refractivity contribution in [1.82, 2.24) is 14.5 Å². The number of fused-ring (bicyclic) bond motifs is 2. The number of halogens is 1. The number of aryl methyl sites for hydroxylation is 1. The highest BCUT2D eigenvalue weighted by Gasteiger charge is 2.11. The van der Waals surface area contributed by atoms with Crippen LogP contribution in [0.2, 0.25) is 0 Å². The van der Waals surface area contributed by atoms with Gasteiger partial charge in [-0.3, -0.25) is 0 Å². The molecule has 2 heterocycles. The van der Waals surface area contributed by atoms with Crippen molar-refractivity contribution in [3.63, 3.8) is 0 Å². The normalized spacial score (nSPS) is 11.5. The minimum Gasteiger partial charge on any atom is -0.375 e. The van der Waals surface area contributed by atoms with E-state index in [2.05, 4.69) is 37.6 Å². The van der Waals surface area contributed by atoms with Crippen LogP contribution in [-0.2, 0) is 7.05 Å². The molecule has 0 aliphatic carbocycles. The van der Waals surface area contributed by atoms with Gasteiger partial charge in [0.1, 0.15) is 5.82 Å². The summed E-state index contributed by atoms with van der Waals surface area (Å²) in [5, 5.41) is 0.594. The van der Waals surface area contributed by atoms with Crippen molar-refractivity contribution in [1.29, 1.82) is 0 Å². The average Bonchev–Trinajstić information content (AvgIpc) is 2.97. The van der Waals surface area contributed by atoms with Gasteiger partial charge in [-0.25, -0.2) is 9.97 Å². The molecule has 0 saturated heterocycles. The van der Waals surface area contributed by atoms with E-state index >= 15 is 0 Å². The van der Waals surface area contributed by atoms with E-state index < -0.39 is 0 Å². The lowest BCUT2D eigenvalue weighted by molar-refractivity contribution is 0.960. The summed E-state index contributed by atoms with van der Waals surface area (Å²) in [5.41, 5.74) is 9.86. The summed E-state index contributed by atoms with van der Waals surface area (Å²) >= 11 is 4.99. The van der Waals surface area contributed by atoms with E-state index in [0.29, 0.717) is 5.13 Å². The maximum Gasteiger partial charge on any atom is 0.181 e. The van der Waals surface area contributed by atoms with Gasteiger partial charge in [0.2, 0.25) is 0 Å². The summed E-state index contributed by atoms with van der Waals surface area (Å²) in [6.45, 7) is 0. The molecule has 0 bridgehead atoms. The predicted molar refractivity (Wildman–Crippen MR) is 91.4 cm³/mol. The Bertz CT molecular complexity index is 986. The van der Waals surface area contributed by atoms with Gasteiger partial charge in [-0.1, -0.05) is 27.3 Å². The summed E-state index contributed by atoms with van der Waals surface area (Å²) in [4.78, 5) is 9.03. The molecule has 2 aromatic carbocycles. The van der Waals surface area contributed by atoms with Crippen LogP contribution < -0.4 is 5.73 Å². The first-order chi connectivity index (χ1) is 10.1. The van der Waals surface area contributed by atoms with E-state index in [4.69, 9.17) is 10.7 Å². The van der Waals surface area contributed by atoms with Crippen molar-refractivity contribution in [3.05, 3.63) is 40.9 Å². The highest BCUT2D eigenvalue weighted by atomic mass is 79.9. The number of thiazole rings is 1. The number of imidazole rings is 1. The van der Waals surface area contributed by atoms with Gasteiger partial charge in [0.15, 0.2) is 5.13 Å². The maximum absolute atomic E-state index is 5.77. The number of aromatic nitrogens is 3. The van der Waals surface area contributed by atoms with Crippen LogP contribution in [-0.4, -0.2) is 14.5 Å². The van der Waals surface area contributed by atoms with Gasteiger partial charge in [-0.2, -0.15) is 0 Å². The molecule has 6 heteroatoms. The Morgan fingerprint density at radius 3 is 2.81 bits per heavy atom. The lowest BCUT2D eigenvalue weighted by Crippen LogP contribution is -1.92. The Kier molecular flexibility index (Phi) is 2.77. The molecule has 0 saturated carbocycles. The van der Waals surface area contributed by atoms with Gasteiger partial charge < -0.3 is 10.3 Å². The monoisotopic (exact) mass is 358 g/mol. The molecule has 2 aromatic heterocycles. The summed E-state index contributed by atoms with van der Waals surface area (Å²) < 4.78 is 4.22. The number of hydrogen-bond acceptors (Lipinski definition) is 4. The highest BCUT2D eigenvalue weighted by Crippen LogP contribution is 2.30. The van der Waals surface area contributed by atoms with Crippen LogP contribution in [0.3, 0.4) is 0 Å². The zero-order chi connectivity index (χ0) is 14.6. The lowest BCUT2D eigenvalue weighted by Gasteiger charge is -2.02. The molecule has 0 aliphatic heterocycles. The topological polar surface area (TPSA) is 56.7 Å². The third-order valence-electron chi connectivity index (χ3n) is 3.51. The number of benzene rings is 2. The second-order valence-electron chi connectivity index (χ2n) is 4.86. The predicted octanol–water partition coefficient (Wildman–Crippen LogP) is 4.19. The summed E-state index contributed by atoms with van der Waals surface area (Å²) in [5.74, 6) is 0.942. The summed E-state index contributed by atoms with van der Waals surface area (Å²) in [6, 6.07) is 12.3. The SMILES string of the molecule is Cn1c(-c2ccc3nc(N)sc3c2)nc2cc(Br)ccc21. The summed E-state index contributed by atoms with van der Waals surface area (Å²) in [6.07, 6.45) is 0. The first kappa shape index (κ1) is 12.8. The number of hydrogen-bond donors (Lipinski definition) is 1. The molecular weight excluding hydrogens is 348 g/mol. The molecule has 0 fully saturated rings. The smallest absolute Gasteiger partial charge is 0.181 e. The van der Waals surface area contributed by atoms with Gasteiger partial charge in [0, 0.05) is 17.1 Å². The number of nitrogens with two attached hydrogens (primary N) is 1. The van der Waals surface area contributed by atoms with Crippen molar-refractivity contribution >= 4 is 53.6 Å². The summed E-state index contributed by atoms with van der Waals surface area (Å²) in [7, 11) is 2.03.